The maximum atomic E-state index is 10.8. The highest BCUT2D eigenvalue weighted by molar-refractivity contribution is 7.80. The molecule has 0 aliphatic rings. The van der Waals surface area contributed by atoms with Gasteiger partial charge in [-0.25, -0.2) is 18.9 Å². The van der Waals surface area contributed by atoms with Crippen molar-refractivity contribution in [1.29, 1.82) is 5.26 Å². The van der Waals surface area contributed by atoms with E-state index in [1.807, 2.05) is 29.3 Å². The number of hydrogen-bond acceptors (Lipinski definition) is 4. The summed E-state index contributed by atoms with van der Waals surface area (Å²) in [6.45, 7) is 0. The first kappa shape index (κ1) is 15.7. The van der Waals surface area contributed by atoms with Crippen LogP contribution in [0.15, 0.2) is 67.3 Å². The summed E-state index contributed by atoms with van der Waals surface area (Å²) in [6, 6.07) is 16.3. The van der Waals surface area contributed by atoms with Gasteiger partial charge in [0.2, 0.25) is 0 Å². The molecule has 3 rings (SSSR count). The van der Waals surface area contributed by atoms with Crippen LogP contribution < -0.4 is 9.73 Å². The summed E-state index contributed by atoms with van der Waals surface area (Å²) < 4.78 is 23.9. The van der Waals surface area contributed by atoms with Crippen LogP contribution in [0.3, 0.4) is 0 Å². The lowest BCUT2D eigenvalue weighted by Gasteiger charge is -2.25. The first-order valence-electron chi connectivity index (χ1n) is 6.93. The van der Waals surface area contributed by atoms with Crippen molar-refractivity contribution in [3.8, 4) is 6.07 Å². The second kappa shape index (κ2) is 6.95. The molecule has 0 saturated carbocycles. The SMILES string of the molecule is N#Cc1ccc(N(c2ccc(NS(=O)O)cc2)n2ccnc2)cc1. The van der Waals surface area contributed by atoms with Crippen molar-refractivity contribution in [2.75, 3.05) is 9.73 Å². The van der Waals surface area contributed by atoms with Crippen molar-refractivity contribution >= 4 is 28.3 Å². The lowest BCUT2D eigenvalue weighted by molar-refractivity contribution is 0.570. The molecular weight excluding hydrogens is 326 g/mol. The first-order valence-corrected chi connectivity index (χ1v) is 8.04. The Balaban J connectivity index is 1.99. The van der Waals surface area contributed by atoms with E-state index >= 15 is 0 Å². The lowest BCUT2D eigenvalue weighted by atomic mass is 10.2. The van der Waals surface area contributed by atoms with Crippen molar-refractivity contribution in [2.24, 2.45) is 0 Å². The molecule has 3 aromatic rings. The number of rotatable bonds is 5. The third-order valence-corrected chi connectivity index (χ3v) is 3.69. The molecule has 24 heavy (non-hydrogen) atoms. The third kappa shape index (κ3) is 3.43. The summed E-state index contributed by atoms with van der Waals surface area (Å²) in [5.74, 6) is 0. The number of hydrogen-bond donors (Lipinski definition) is 2. The molecule has 2 aromatic carbocycles. The van der Waals surface area contributed by atoms with Crippen molar-refractivity contribution in [1.82, 2.24) is 9.66 Å². The molecular formula is C16H13N5O2S. The number of anilines is 3. The van der Waals surface area contributed by atoms with Crippen molar-refractivity contribution in [2.45, 2.75) is 0 Å². The predicted molar refractivity (Wildman–Crippen MR) is 91.8 cm³/mol. The van der Waals surface area contributed by atoms with Crippen LogP contribution in [0.4, 0.5) is 17.1 Å². The Hall–Kier alpha value is -3.15. The average molecular weight is 339 g/mol. The second-order valence-electron chi connectivity index (χ2n) is 4.81. The van der Waals surface area contributed by atoms with Crippen LogP contribution >= 0.6 is 0 Å². The van der Waals surface area contributed by atoms with Gasteiger partial charge in [0.05, 0.1) is 23.0 Å². The zero-order valence-corrected chi connectivity index (χ0v) is 13.2. The Morgan fingerprint density at radius 2 is 1.75 bits per heavy atom. The fourth-order valence-corrected chi connectivity index (χ4v) is 2.57. The van der Waals surface area contributed by atoms with Gasteiger partial charge in [0, 0.05) is 18.1 Å². The van der Waals surface area contributed by atoms with Gasteiger partial charge in [0.1, 0.15) is 6.33 Å². The van der Waals surface area contributed by atoms with Crippen molar-refractivity contribution in [3.05, 3.63) is 72.8 Å². The highest BCUT2D eigenvalue weighted by Gasteiger charge is 2.11. The number of nitriles is 1. The van der Waals surface area contributed by atoms with Gasteiger partial charge in [-0.15, -0.1) is 0 Å². The third-order valence-electron chi connectivity index (χ3n) is 3.28. The Kier molecular flexibility index (Phi) is 4.56. The second-order valence-corrected chi connectivity index (χ2v) is 5.51. The summed E-state index contributed by atoms with van der Waals surface area (Å²) in [5, 5.41) is 10.8. The van der Waals surface area contributed by atoms with Crippen LogP contribution in [-0.2, 0) is 11.3 Å². The zero-order valence-electron chi connectivity index (χ0n) is 12.4. The molecule has 0 spiro atoms. The summed E-state index contributed by atoms with van der Waals surface area (Å²) >= 11 is -2.11. The van der Waals surface area contributed by atoms with Crippen LogP contribution in [0.5, 0.6) is 0 Å². The molecule has 1 atom stereocenters. The molecule has 0 bridgehead atoms. The monoisotopic (exact) mass is 339 g/mol. The summed E-state index contributed by atoms with van der Waals surface area (Å²) in [5.41, 5.74) is 2.78. The Morgan fingerprint density at radius 1 is 1.12 bits per heavy atom. The van der Waals surface area contributed by atoms with Crippen LogP contribution in [0.1, 0.15) is 5.56 Å². The van der Waals surface area contributed by atoms with E-state index in [0.717, 1.165) is 11.4 Å². The zero-order chi connectivity index (χ0) is 16.9. The largest absolute Gasteiger partial charge is 0.289 e. The molecule has 0 saturated heterocycles. The lowest BCUT2D eigenvalue weighted by Crippen LogP contribution is -2.22. The van der Waals surface area contributed by atoms with Gasteiger partial charge in [-0.2, -0.15) is 5.26 Å². The van der Waals surface area contributed by atoms with E-state index in [-0.39, 0.29) is 0 Å². The molecule has 0 radical (unpaired) electrons. The van der Waals surface area contributed by atoms with Crippen molar-refractivity contribution in [3.63, 3.8) is 0 Å². The molecule has 0 aliphatic heterocycles. The molecule has 2 N–H and O–H groups in total. The Morgan fingerprint density at radius 3 is 2.25 bits per heavy atom. The highest BCUT2D eigenvalue weighted by Crippen LogP contribution is 2.27. The van der Waals surface area contributed by atoms with Gasteiger partial charge in [-0.1, -0.05) is 0 Å². The predicted octanol–water partition coefficient (Wildman–Crippen LogP) is 2.90. The van der Waals surface area contributed by atoms with E-state index in [1.54, 1.807) is 47.7 Å². The highest BCUT2D eigenvalue weighted by atomic mass is 32.2. The minimum absolute atomic E-state index is 0.532. The van der Waals surface area contributed by atoms with Crippen LogP contribution in [0.25, 0.3) is 0 Å². The first-order chi connectivity index (χ1) is 11.7. The number of imidazole rings is 1. The fourth-order valence-electron chi connectivity index (χ4n) is 2.23. The number of nitrogens with zero attached hydrogens (tertiary/aromatic N) is 4. The van der Waals surface area contributed by atoms with Gasteiger partial charge >= 0.3 is 0 Å². The molecule has 1 aromatic heterocycles. The standard InChI is InChI=1S/C16H13N5O2S/c17-11-13-1-5-15(6-2-13)21(20-10-9-18-12-20)16-7-3-14(4-8-16)19-24(22)23/h1-10,12,19H,(H,22,23). The maximum Gasteiger partial charge on any atom is 0.259 e. The number of benzene rings is 2. The van der Waals surface area contributed by atoms with Gasteiger partial charge in [-0.3, -0.25) is 9.27 Å². The molecule has 0 aliphatic carbocycles. The minimum Gasteiger partial charge on any atom is -0.289 e. The van der Waals surface area contributed by atoms with E-state index in [9.17, 15) is 4.21 Å². The molecule has 1 unspecified atom stereocenters. The molecule has 0 fully saturated rings. The fraction of sp³-hybridized carbons (Fsp3) is 0. The number of nitrogens with one attached hydrogen (secondary N) is 1. The summed E-state index contributed by atoms with van der Waals surface area (Å²) in [4.78, 5) is 4.07. The number of aromatic nitrogens is 2. The van der Waals surface area contributed by atoms with E-state index in [4.69, 9.17) is 9.81 Å². The van der Waals surface area contributed by atoms with E-state index in [2.05, 4.69) is 15.8 Å². The molecule has 7 nitrogen and oxygen atoms in total. The van der Waals surface area contributed by atoms with E-state index in [0.29, 0.717) is 11.3 Å². The summed E-state index contributed by atoms with van der Waals surface area (Å²) in [7, 11) is 0. The van der Waals surface area contributed by atoms with Crippen LogP contribution in [0.2, 0.25) is 0 Å². The van der Waals surface area contributed by atoms with E-state index in [1.165, 1.54) is 0 Å². The van der Waals surface area contributed by atoms with Gasteiger partial charge in [0.25, 0.3) is 11.3 Å². The molecule has 0 amide bonds. The minimum atomic E-state index is -2.11. The Labute approximate surface area is 141 Å². The van der Waals surface area contributed by atoms with Crippen molar-refractivity contribution < 1.29 is 8.76 Å². The van der Waals surface area contributed by atoms with Gasteiger partial charge < -0.3 is 0 Å². The Bertz CT molecular complexity index is 870. The van der Waals surface area contributed by atoms with Crippen LogP contribution in [0, 0.1) is 11.3 Å². The maximum absolute atomic E-state index is 10.8. The summed E-state index contributed by atoms with van der Waals surface area (Å²) in [6.07, 6.45) is 5.13. The average Bonchev–Trinajstić information content (AvgIpc) is 3.11. The van der Waals surface area contributed by atoms with Crippen LogP contribution in [-0.4, -0.2) is 18.4 Å². The normalized spacial score (nSPS) is 11.5. The van der Waals surface area contributed by atoms with Gasteiger partial charge in [-0.05, 0) is 48.5 Å². The smallest absolute Gasteiger partial charge is 0.259 e. The quantitative estimate of drug-likeness (QED) is 0.697. The molecule has 1 heterocycles. The molecule has 120 valence electrons. The topological polar surface area (TPSA) is 94.2 Å². The van der Waals surface area contributed by atoms with Gasteiger partial charge in [0.15, 0.2) is 0 Å². The van der Waals surface area contributed by atoms with E-state index < -0.39 is 11.3 Å². The molecule has 8 heteroatoms.